The summed E-state index contributed by atoms with van der Waals surface area (Å²) in [6.07, 6.45) is -3.41. The summed E-state index contributed by atoms with van der Waals surface area (Å²) in [5.41, 5.74) is -1.39. The number of hydrogen-bond donors (Lipinski definition) is 1. The van der Waals surface area contributed by atoms with Crippen molar-refractivity contribution in [1.29, 1.82) is 0 Å². The molecule has 0 heterocycles. The van der Waals surface area contributed by atoms with Gasteiger partial charge < -0.3 is 0 Å². The van der Waals surface area contributed by atoms with E-state index in [0.717, 1.165) is 12.1 Å². The minimum atomic E-state index is -4.63. The Balaban J connectivity index is 2.18. The molecule has 1 N–H and O–H groups in total. The van der Waals surface area contributed by atoms with Gasteiger partial charge in [-0.1, -0.05) is 18.2 Å². The SMILES string of the molecule is O=C(NS(=O)(=O)Cc1ccccc1C(F)(F)F)C1CC1. The third kappa shape index (κ3) is 3.72. The Morgan fingerprint density at radius 2 is 1.85 bits per heavy atom. The zero-order chi connectivity index (χ0) is 15.0. The Kier molecular flexibility index (Phi) is 3.77. The number of alkyl halides is 3. The molecule has 2 rings (SSSR count). The lowest BCUT2D eigenvalue weighted by atomic mass is 10.1. The quantitative estimate of drug-likeness (QED) is 0.926. The second-order valence-corrected chi connectivity index (χ2v) is 6.38. The molecule has 1 saturated carbocycles. The number of benzene rings is 1. The van der Waals surface area contributed by atoms with Crippen LogP contribution >= 0.6 is 0 Å². The van der Waals surface area contributed by atoms with Crippen LogP contribution in [0.25, 0.3) is 0 Å². The fourth-order valence-corrected chi connectivity index (χ4v) is 2.95. The highest BCUT2D eigenvalue weighted by atomic mass is 32.2. The van der Waals surface area contributed by atoms with Crippen LogP contribution in [0.2, 0.25) is 0 Å². The van der Waals surface area contributed by atoms with E-state index in [1.807, 2.05) is 4.72 Å². The van der Waals surface area contributed by atoms with Gasteiger partial charge in [0.2, 0.25) is 15.9 Å². The van der Waals surface area contributed by atoms with E-state index in [1.165, 1.54) is 12.1 Å². The summed E-state index contributed by atoms with van der Waals surface area (Å²) in [6, 6.07) is 4.40. The van der Waals surface area contributed by atoms with Crippen molar-refractivity contribution in [3.8, 4) is 0 Å². The predicted octanol–water partition coefficient (Wildman–Crippen LogP) is 2.06. The molecule has 1 amide bonds. The van der Waals surface area contributed by atoms with Crippen LogP contribution in [-0.4, -0.2) is 14.3 Å². The van der Waals surface area contributed by atoms with Gasteiger partial charge in [0.25, 0.3) is 0 Å². The molecule has 20 heavy (non-hydrogen) atoms. The lowest BCUT2D eigenvalue weighted by Gasteiger charge is -2.13. The second-order valence-electron chi connectivity index (χ2n) is 4.65. The summed E-state index contributed by atoms with van der Waals surface area (Å²) < 4.78 is 63.5. The van der Waals surface area contributed by atoms with Gasteiger partial charge in [-0.3, -0.25) is 9.52 Å². The molecule has 0 spiro atoms. The zero-order valence-electron chi connectivity index (χ0n) is 10.3. The molecule has 0 atom stereocenters. The van der Waals surface area contributed by atoms with Crippen LogP contribution in [0.1, 0.15) is 24.0 Å². The van der Waals surface area contributed by atoms with Gasteiger partial charge in [-0.05, 0) is 24.5 Å². The highest BCUT2D eigenvalue weighted by Crippen LogP contribution is 2.33. The molecule has 0 aromatic heterocycles. The molecule has 1 aromatic rings. The van der Waals surface area contributed by atoms with Gasteiger partial charge in [0.1, 0.15) is 0 Å². The summed E-state index contributed by atoms with van der Waals surface area (Å²) in [6.45, 7) is 0. The fourth-order valence-electron chi connectivity index (χ4n) is 1.75. The van der Waals surface area contributed by atoms with E-state index in [9.17, 15) is 26.4 Å². The maximum absolute atomic E-state index is 12.7. The number of carbonyl (C=O) groups is 1. The third-order valence-electron chi connectivity index (χ3n) is 2.87. The van der Waals surface area contributed by atoms with Crippen molar-refractivity contribution in [2.45, 2.75) is 24.8 Å². The van der Waals surface area contributed by atoms with Crippen molar-refractivity contribution in [1.82, 2.24) is 4.72 Å². The smallest absolute Gasteiger partial charge is 0.274 e. The van der Waals surface area contributed by atoms with Crippen molar-refractivity contribution < 1.29 is 26.4 Å². The van der Waals surface area contributed by atoms with Crippen molar-refractivity contribution in [3.63, 3.8) is 0 Å². The van der Waals surface area contributed by atoms with E-state index in [1.54, 1.807) is 0 Å². The summed E-state index contributed by atoms with van der Waals surface area (Å²) in [7, 11) is -4.12. The monoisotopic (exact) mass is 307 g/mol. The summed E-state index contributed by atoms with van der Waals surface area (Å²) in [5, 5.41) is 0. The zero-order valence-corrected chi connectivity index (χ0v) is 11.1. The molecule has 1 aromatic carbocycles. The Hall–Kier alpha value is -1.57. The highest BCUT2D eigenvalue weighted by molar-refractivity contribution is 7.89. The molecule has 0 saturated heterocycles. The summed E-state index contributed by atoms with van der Waals surface area (Å²) in [5.74, 6) is -1.85. The van der Waals surface area contributed by atoms with Crippen LogP contribution in [0.5, 0.6) is 0 Å². The highest BCUT2D eigenvalue weighted by Gasteiger charge is 2.35. The molecule has 1 aliphatic carbocycles. The third-order valence-corrected chi connectivity index (χ3v) is 4.08. The average Bonchev–Trinajstić information content (AvgIpc) is 3.10. The van der Waals surface area contributed by atoms with E-state index in [-0.39, 0.29) is 11.5 Å². The molecule has 4 nitrogen and oxygen atoms in total. The molecule has 0 bridgehead atoms. The van der Waals surface area contributed by atoms with E-state index in [2.05, 4.69) is 0 Å². The normalized spacial score (nSPS) is 15.9. The predicted molar refractivity (Wildman–Crippen MR) is 64.9 cm³/mol. The van der Waals surface area contributed by atoms with Gasteiger partial charge in [-0.25, -0.2) is 8.42 Å². The number of rotatable bonds is 4. The largest absolute Gasteiger partial charge is 0.416 e. The fraction of sp³-hybridized carbons (Fsp3) is 0.417. The molecular formula is C12H12F3NO3S. The molecule has 0 aliphatic heterocycles. The van der Waals surface area contributed by atoms with Crippen LogP contribution in [0.3, 0.4) is 0 Å². The molecule has 0 unspecified atom stereocenters. The Morgan fingerprint density at radius 3 is 2.40 bits per heavy atom. The summed E-state index contributed by atoms with van der Waals surface area (Å²) in [4.78, 5) is 11.4. The molecule has 1 aliphatic rings. The first-order chi connectivity index (χ1) is 9.19. The maximum atomic E-state index is 12.7. The van der Waals surface area contributed by atoms with Gasteiger partial charge in [-0.15, -0.1) is 0 Å². The van der Waals surface area contributed by atoms with Crippen molar-refractivity contribution in [2.24, 2.45) is 5.92 Å². The number of amides is 1. The van der Waals surface area contributed by atoms with E-state index < -0.39 is 33.4 Å². The molecule has 1 fully saturated rings. The first-order valence-corrected chi connectivity index (χ1v) is 7.54. The molecule has 110 valence electrons. The van der Waals surface area contributed by atoms with Gasteiger partial charge >= 0.3 is 6.18 Å². The van der Waals surface area contributed by atoms with Crippen LogP contribution in [0, 0.1) is 5.92 Å². The Labute approximate surface area is 114 Å². The van der Waals surface area contributed by atoms with Gasteiger partial charge in [0.15, 0.2) is 0 Å². The molecular weight excluding hydrogens is 295 g/mol. The van der Waals surface area contributed by atoms with Gasteiger partial charge in [0, 0.05) is 5.92 Å². The van der Waals surface area contributed by atoms with Crippen molar-refractivity contribution in [3.05, 3.63) is 35.4 Å². The van der Waals surface area contributed by atoms with Crippen LogP contribution in [0.4, 0.5) is 13.2 Å². The Morgan fingerprint density at radius 1 is 1.25 bits per heavy atom. The topological polar surface area (TPSA) is 63.2 Å². The first-order valence-electron chi connectivity index (χ1n) is 5.88. The molecule has 8 heteroatoms. The van der Waals surface area contributed by atoms with E-state index in [0.29, 0.717) is 12.8 Å². The van der Waals surface area contributed by atoms with Gasteiger partial charge in [-0.2, -0.15) is 13.2 Å². The standard InChI is InChI=1S/C12H12F3NO3S/c13-12(14,15)10-4-2-1-3-9(10)7-20(18,19)16-11(17)8-5-6-8/h1-4,8H,5-7H2,(H,16,17). The van der Waals surface area contributed by atoms with Crippen molar-refractivity contribution in [2.75, 3.05) is 0 Å². The summed E-state index contributed by atoms with van der Waals surface area (Å²) >= 11 is 0. The lowest BCUT2D eigenvalue weighted by Crippen LogP contribution is -2.33. The first kappa shape index (κ1) is 14.8. The lowest BCUT2D eigenvalue weighted by molar-refractivity contribution is -0.138. The number of hydrogen-bond acceptors (Lipinski definition) is 3. The minimum absolute atomic E-state index is 0.331. The van der Waals surface area contributed by atoms with Gasteiger partial charge in [0.05, 0.1) is 11.3 Å². The number of carbonyl (C=O) groups excluding carboxylic acids is 1. The molecule has 0 radical (unpaired) electrons. The number of sulfonamides is 1. The van der Waals surface area contributed by atoms with Crippen LogP contribution in [0.15, 0.2) is 24.3 Å². The van der Waals surface area contributed by atoms with Crippen molar-refractivity contribution >= 4 is 15.9 Å². The maximum Gasteiger partial charge on any atom is 0.416 e. The second kappa shape index (κ2) is 5.08. The Bertz CT molecular complexity index is 621. The average molecular weight is 307 g/mol. The minimum Gasteiger partial charge on any atom is -0.274 e. The van der Waals surface area contributed by atoms with Crippen LogP contribution < -0.4 is 4.72 Å². The van der Waals surface area contributed by atoms with E-state index >= 15 is 0 Å². The number of halogens is 3. The number of nitrogens with one attached hydrogen (secondary N) is 1. The van der Waals surface area contributed by atoms with E-state index in [4.69, 9.17) is 0 Å². The van der Waals surface area contributed by atoms with Crippen LogP contribution in [-0.2, 0) is 26.7 Å².